The van der Waals surface area contributed by atoms with Crippen molar-refractivity contribution in [1.82, 2.24) is 4.23 Å². The molecule has 138 valence electrons. The molecule has 0 spiro atoms. The van der Waals surface area contributed by atoms with Crippen LogP contribution in [-0.2, 0) is 11.0 Å². The van der Waals surface area contributed by atoms with Crippen molar-refractivity contribution in [3.63, 3.8) is 0 Å². The predicted molar refractivity (Wildman–Crippen MR) is 113 cm³/mol. The van der Waals surface area contributed by atoms with Crippen molar-refractivity contribution in [1.29, 1.82) is 0 Å². The van der Waals surface area contributed by atoms with E-state index in [-0.39, 0.29) is 10.5 Å². The smallest absolute Gasteiger partial charge is 0.161 e. The Kier molecular flexibility index (Phi) is 4.68. The summed E-state index contributed by atoms with van der Waals surface area (Å²) in [7, 11) is -1.86. The zero-order valence-electron chi connectivity index (χ0n) is 17.5. The summed E-state index contributed by atoms with van der Waals surface area (Å²) in [4.78, 5) is 0. The summed E-state index contributed by atoms with van der Waals surface area (Å²) in [5.74, 6) is 0. The predicted octanol–water partition coefficient (Wildman–Crippen LogP) is 6.19. The first-order valence-electron chi connectivity index (χ1n) is 9.16. The highest BCUT2D eigenvalue weighted by Crippen LogP contribution is 2.44. The summed E-state index contributed by atoms with van der Waals surface area (Å²) in [6.45, 7) is 24.2. The normalized spacial score (nSPS) is 14.2. The summed E-state index contributed by atoms with van der Waals surface area (Å²) in [6, 6.07) is 8.60. The highest BCUT2D eigenvalue weighted by atomic mass is 28.3. The second-order valence-electron chi connectivity index (χ2n) is 9.90. The van der Waals surface area contributed by atoms with Crippen LogP contribution in [0.5, 0.6) is 0 Å². The van der Waals surface area contributed by atoms with E-state index in [1.807, 2.05) is 26.0 Å². The van der Waals surface area contributed by atoms with Gasteiger partial charge in [0, 0.05) is 22.0 Å². The Labute approximate surface area is 154 Å². The molecule has 0 radical (unpaired) electrons. The molecule has 0 aliphatic heterocycles. The standard InChI is InChI=1S/C22H35NOSi/c1-11-21(5,6)19-15-16-17(22(7,8)24)13-12-14-18(16)23(19)25(9,10)20(2,3)4/h11-15,24H,1H2,2-10H3. The first-order valence-corrected chi connectivity index (χ1v) is 12.1. The monoisotopic (exact) mass is 357 g/mol. The number of hydrogen-bond donors (Lipinski definition) is 1. The minimum atomic E-state index is -1.86. The van der Waals surface area contributed by atoms with Gasteiger partial charge in [0.2, 0.25) is 0 Å². The maximum Gasteiger partial charge on any atom is 0.161 e. The van der Waals surface area contributed by atoms with Crippen LogP contribution in [0.3, 0.4) is 0 Å². The largest absolute Gasteiger partial charge is 0.386 e. The quantitative estimate of drug-likeness (QED) is 0.512. The summed E-state index contributed by atoms with van der Waals surface area (Å²) in [6.07, 6.45) is 2.04. The van der Waals surface area contributed by atoms with Crippen molar-refractivity contribution in [2.75, 3.05) is 0 Å². The second kappa shape index (κ2) is 5.85. The van der Waals surface area contributed by atoms with Crippen LogP contribution < -0.4 is 0 Å². The lowest BCUT2D eigenvalue weighted by molar-refractivity contribution is 0.0802. The fourth-order valence-corrected chi connectivity index (χ4v) is 5.70. The maximum absolute atomic E-state index is 10.7. The number of fused-ring (bicyclic) bond motifs is 1. The van der Waals surface area contributed by atoms with Crippen LogP contribution in [0, 0.1) is 0 Å². The third kappa shape index (κ3) is 3.24. The molecular formula is C22H35NOSi. The molecule has 0 unspecified atom stereocenters. The van der Waals surface area contributed by atoms with Crippen molar-refractivity contribution in [3.8, 4) is 0 Å². The van der Waals surface area contributed by atoms with Gasteiger partial charge in [-0.15, -0.1) is 6.58 Å². The van der Waals surface area contributed by atoms with E-state index < -0.39 is 13.8 Å². The van der Waals surface area contributed by atoms with Crippen molar-refractivity contribution in [3.05, 3.63) is 48.2 Å². The van der Waals surface area contributed by atoms with Crippen LogP contribution in [0.15, 0.2) is 36.9 Å². The summed E-state index contributed by atoms with van der Waals surface area (Å²) >= 11 is 0. The van der Waals surface area contributed by atoms with Gasteiger partial charge >= 0.3 is 0 Å². The summed E-state index contributed by atoms with van der Waals surface area (Å²) < 4.78 is 2.60. The van der Waals surface area contributed by atoms with Gasteiger partial charge in [0.1, 0.15) is 0 Å². The zero-order chi connectivity index (χ0) is 19.4. The summed E-state index contributed by atoms with van der Waals surface area (Å²) in [5, 5.41) is 12.1. The van der Waals surface area contributed by atoms with Gasteiger partial charge in [0.25, 0.3) is 0 Å². The Morgan fingerprint density at radius 1 is 1.04 bits per heavy atom. The lowest BCUT2D eigenvalue weighted by atomic mass is 9.89. The van der Waals surface area contributed by atoms with Crippen LogP contribution >= 0.6 is 0 Å². The Morgan fingerprint density at radius 3 is 2.04 bits per heavy atom. The van der Waals surface area contributed by atoms with E-state index in [1.165, 1.54) is 11.2 Å². The molecular weight excluding hydrogens is 322 g/mol. The molecule has 25 heavy (non-hydrogen) atoms. The number of aliphatic hydroxyl groups is 1. The molecule has 0 bridgehead atoms. The average Bonchev–Trinajstić information content (AvgIpc) is 2.85. The number of nitrogens with zero attached hydrogens (tertiary/aromatic N) is 1. The molecule has 0 aliphatic rings. The lowest BCUT2D eigenvalue weighted by Gasteiger charge is -2.42. The Bertz CT molecular complexity index is 798. The Hall–Kier alpha value is -1.32. The molecule has 0 aliphatic carbocycles. The van der Waals surface area contributed by atoms with Crippen molar-refractivity contribution in [2.45, 2.75) is 77.6 Å². The number of benzene rings is 1. The van der Waals surface area contributed by atoms with Crippen molar-refractivity contribution >= 4 is 19.1 Å². The number of rotatable bonds is 4. The van der Waals surface area contributed by atoms with E-state index in [0.29, 0.717) is 0 Å². The highest BCUT2D eigenvalue weighted by Gasteiger charge is 2.41. The Balaban J connectivity index is 3.02. The summed E-state index contributed by atoms with van der Waals surface area (Å²) in [5.41, 5.74) is 2.51. The Morgan fingerprint density at radius 2 is 1.60 bits per heavy atom. The van der Waals surface area contributed by atoms with E-state index >= 15 is 0 Å². The highest BCUT2D eigenvalue weighted by molar-refractivity contribution is 6.79. The van der Waals surface area contributed by atoms with Crippen LogP contribution in [0.25, 0.3) is 10.9 Å². The molecule has 0 atom stereocenters. The first-order chi connectivity index (χ1) is 11.1. The third-order valence-corrected chi connectivity index (χ3v) is 11.3. The molecule has 1 heterocycles. The van der Waals surface area contributed by atoms with Gasteiger partial charge in [-0.25, -0.2) is 0 Å². The molecule has 0 saturated carbocycles. The molecule has 3 heteroatoms. The fourth-order valence-electron chi connectivity index (χ4n) is 3.28. The molecule has 2 nitrogen and oxygen atoms in total. The minimum absolute atomic E-state index is 0.134. The molecule has 1 N–H and O–H groups in total. The molecule has 1 aromatic heterocycles. The van der Waals surface area contributed by atoms with Gasteiger partial charge in [0.05, 0.1) is 5.60 Å². The fraction of sp³-hybridized carbons (Fsp3) is 0.545. The minimum Gasteiger partial charge on any atom is -0.386 e. The average molecular weight is 358 g/mol. The van der Waals surface area contributed by atoms with Gasteiger partial charge in [-0.2, -0.15) is 0 Å². The molecule has 0 fully saturated rings. The van der Waals surface area contributed by atoms with Crippen LogP contribution in [0.4, 0.5) is 0 Å². The van der Waals surface area contributed by atoms with Gasteiger partial charge in [-0.3, -0.25) is 0 Å². The molecule has 2 rings (SSSR count). The molecule has 2 aromatic rings. The van der Waals surface area contributed by atoms with Crippen LogP contribution in [0.1, 0.15) is 59.7 Å². The van der Waals surface area contributed by atoms with E-state index in [1.54, 1.807) is 0 Å². The maximum atomic E-state index is 10.7. The van der Waals surface area contributed by atoms with Gasteiger partial charge in [-0.05, 0) is 36.6 Å². The molecule has 0 saturated heterocycles. The van der Waals surface area contributed by atoms with Gasteiger partial charge < -0.3 is 9.34 Å². The molecule has 1 aromatic carbocycles. The first kappa shape index (κ1) is 20.0. The topological polar surface area (TPSA) is 25.2 Å². The third-order valence-electron chi connectivity index (χ3n) is 6.07. The van der Waals surface area contributed by atoms with E-state index in [0.717, 1.165) is 10.9 Å². The number of aromatic nitrogens is 1. The number of allylic oxidation sites excluding steroid dienone is 1. The van der Waals surface area contributed by atoms with Crippen LogP contribution in [-0.4, -0.2) is 17.6 Å². The second-order valence-corrected chi connectivity index (χ2v) is 15.0. The van der Waals surface area contributed by atoms with Gasteiger partial charge in [0.15, 0.2) is 8.24 Å². The molecule has 0 amide bonds. The van der Waals surface area contributed by atoms with Crippen molar-refractivity contribution in [2.24, 2.45) is 0 Å². The van der Waals surface area contributed by atoms with E-state index in [2.05, 4.69) is 76.7 Å². The lowest BCUT2D eigenvalue weighted by Crippen LogP contribution is -2.47. The van der Waals surface area contributed by atoms with Crippen molar-refractivity contribution < 1.29 is 5.11 Å². The number of hydrogen-bond acceptors (Lipinski definition) is 1. The SMILES string of the molecule is C=CC(C)(C)c1cc2c(C(C)(C)O)cccc2n1[Si](C)(C)C(C)(C)C. The van der Waals surface area contributed by atoms with E-state index in [4.69, 9.17) is 0 Å². The van der Waals surface area contributed by atoms with Crippen LogP contribution in [0.2, 0.25) is 18.1 Å². The van der Waals surface area contributed by atoms with Gasteiger partial charge in [-0.1, -0.05) is 65.9 Å². The van der Waals surface area contributed by atoms with E-state index in [9.17, 15) is 5.11 Å². The zero-order valence-corrected chi connectivity index (χ0v) is 18.5.